The lowest BCUT2D eigenvalue weighted by Gasteiger charge is -2.53. The molecule has 0 radical (unpaired) electrons. The molecule has 1 saturated heterocycles. The molecule has 2 atom stereocenters. The maximum Gasteiger partial charge on any atom is 0.157 e. The van der Waals surface area contributed by atoms with Gasteiger partial charge < -0.3 is 10.2 Å². The minimum Gasteiger partial charge on any atom is -0.392 e. The Morgan fingerprint density at radius 3 is 1.91 bits per heavy atom. The fraction of sp³-hybridized carbons (Fsp3) is 0.280. The van der Waals surface area contributed by atoms with Crippen LogP contribution in [0.5, 0.6) is 0 Å². The highest BCUT2D eigenvalue weighted by Crippen LogP contribution is 2.44. The number of rotatable bonds is 7. The molecule has 0 aliphatic carbocycles. The number of β-amino-alcohol motifs (C(OH)–C–C–N with tert-alkyl or cyclic N) is 1. The first-order valence-electron chi connectivity index (χ1n) is 10.6. The van der Waals surface area contributed by atoms with Crippen molar-refractivity contribution in [1.82, 2.24) is 4.90 Å². The van der Waals surface area contributed by atoms with Gasteiger partial charge in [0.05, 0.1) is 12.6 Å². The molecule has 3 aromatic carbocycles. The van der Waals surface area contributed by atoms with Crippen molar-refractivity contribution < 1.29 is 27.4 Å². The van der Waals surface area contributed by atoms with E-state index in [1.165, 1.54) is 0 Å². The third kappa shape index (κ3) is 5.01. The fourth-order valence-corrected chi connectivity index (χ4v) is 6.45. The minimum atomic E-state index is -3.92. The Kier molecular flexibility index (Phi) is 6.81. The summed E-state index contributed by atoms with van der Waals surface area (Å²) in [6, 6.07) is 16.7. The van der Waals surface area contributed by atoms with Crippen molar-refractivity contribution in [2.24, 2.45) is 0 Å². The van der Waals surface area contributed by atoms with E-state index in [1.54, 1.807) is 24.3 Å². The van der Waals surface area contributed by atoms with Crippen LogP contribution in [-0.2, 0) is 16.4 Å². The molecule has 34 heavy (non-hydrogen) atoms. The van der Waals surface area contributed by atoms with Crippen molar-refractivity contribution in [1.29, 1.82) is 0 Å². The molecular formula is C25H24ClF2NO4S. The van der Waals surface area contributed by atoms with E-state index in [2.05, 4.69) is 0 Å². The van der Waals surface area contributed by atoms with Crippen LogP contribution in [0.15, 0.2) is 66.7 Å². The average Bonchev–Trinajstić information content (AvgIpc) is 2.73. The Balaban J connectivity index is 1.70. The molecule has 4 rings (SSSR count). The minimum absolute atomic E-state index is 0.0437. The molecule has 1 heterocycles. The predicted octanol–water partition coefficient (Wildman–Crippen LogP) is 4.03. The van der Waals surface area contributed by atoms with Crippen molar-refractivity contribution >= 4 is 21.4 Å². The Bertz CT molecular complexity index is 1260. The smallest absolute Gasteiger partial charge is 0.157 e. The van der Waals surface area contributed by atoms with Gasteiger partial charge in [-0.15, -0.1) is 0 Å². The molecule has 3 aromatic rings. The third-order valence-corrected chi connectivity index (χ3v) is 7.91. The van der Waals surface area contributed by atoms with Crippen LogP contribution in [0.25, 0.3) is 0 Å². The van der Waals surface area contributed by atoms with Crippen molar-refractivity contribution in [3.05, 3.63) is 106 Å². The molecule has 2 N–H and O–H groups in total. The number of benzene rings is 3. The van der Waals surface area contributed by atoms with Crippen LogP contribution in [0.4, 0.5) is 8.78 Å². The molecule has 9 heteroatoms. The van der Waals surface area contributed by atoms with Crippen molar-refractivity contribution in [3.63, 3.8) is 0 Å². The zero-order valence-electron chi connectivity index (χ0n) is 18.3. The molecule has 180 valence electrons. The van der Waals surface area contributed by atoms with Gasteiger partial charge in [0, 0.05) is 30.4 Å². The maximum atomic E-state index is 13.9. The topological polar surface area (TPSA) is 77.8 Å². The maximum absolute atomic E-state index is 13.9. The zero-order valence-corrected chi connectivity index (χ0v) is 19.9. The van der Waals surface area contributed by atoms with Crippen LogP contribution in [-0.4, -0.2) is 48.5 Å². The molecule has 0 spiro atoms. The molecular weight excluding hydrogens is 484 g/mol. The number of halogens is 3. The van der Waals surface area contributed by atoms with Gasteiger partial charge in [-0.2, -0.15) is 0 Å². The number of likely N-dealkylation sites (tertiary alicyclic amines) is 1. The van der Waals surface area contributed by atoms with E-state index in [0.717, 1.165) is 35.1 Å². The summed E-state index contributed by atoms with van der Waals surface area (Å²) in [5, 5.41) is 19.8. The van der Waals surface area contributed by atoms with Crippen molar-refractivity contribution in [3.8, 4) is 0 Å². The Morgan fingerprint density at radius 2 is 1.44 bits per heavy atom. The van der Waals surface area contributed by atoms with Gasteiger partial charge in [-0.3, -0.25) is 4.90 Å². The summed E-state index contributed by atoms with van der Waals surface area (Å²) in [6.45, 7) is -0.189. The van der Waals surface area contributed by atoms with Gasteiger partial charge in [-0.25, -0.2) is 17.2 Å². The summed E-state index contributed by atoms with van der Waals surface area (Å²) in [4.78, 5) is 1.89. The second kappa shape index (κ2) is 9.36. The molecule has 0 bridgehead atoms. The lowest BCUT2D eigenvalue weighted by Crippen LogP contribution is -2.66. The lowest BCUT2D eigenvalue weighted by atomic mass is 9.82. The first-order valence-corrected chi connectivity index (χ1v) is 12.9. The van der Waals surface area contributed by atoms with E-state index >= 15 is 0 Å². The zero-order chi connectivity index (χ0) is 24.7. The van der Waals surface area contributed by atoms with E-state index < -0.39 is 32.3 Å². The van der Waals surface area contributed by atoms with Crippen molar-refractivity contribution in [2.75, 3.05) is 19.3 Å². The van der Waals surface area contributed by atoms with Crippen LogP contribution >= 0.6 is 11.6 Å². The second-order valence-corrected chi connectivity index (χ2v) is 11.3. The van der Waals surface area contributed by atoms with Crippen LogP contribution in [0, 0.1) is 11.6 Å². The number of hydrogen-bond acceptors (Lipinski definition) is 5. The van der Waals surface area contributed by atoms with Crippen LogP contribution in [0.2, 0.25) is 5.02 Å². The number of aliphatic hydroxyl groups excluding tert-OH is 1. The van der Waals surface area contributed by atoms with Gasteiger partial charge in [-0.1, -0.05) is 48.0 Å². The van der Waals surface area contributed by atoms with Gasteiger partial charge in [0.15, 0.2) is 9.84 Å². The highest BCUT2D eigenvalue weighted by atomic mass is 35.5. The van der Waals surface area contributed by atoms with Crippen LogP contribution in [0.1, 0.15) is 33.5 Å². The van der Waals surface area contributed by atoms with E-state index in [4.69, 9.17) is 11.6 Å². The first-order chi connectivity index (χ1) is 16.0. The highest BCUT2D eigenvalue weighted by Gasteiger charge is 2.54. The van der Waals surface area contributed by atoms with Gasteiger partial charge in [0.25, 0.3) is 0 Å². The van der Waals surface area contributed by atoms with E-state index in [1.807, 2.05) is 29.2 Å². The van der Waals surface area contributed by atoms with Gasteiger partial charge in [0.2, 0.25) is 0 Å². The highest BCUT2D eigenvalue weighted by molar-refractivity contribution is 7.91. The summed E-state index contributed by atoms with van der Waals surface area (Å²) in [6.07, 6.45) is 0.950. The summed E-state index contributed by atoms with van der Waals surface area (Å²) in [5.74, 6) is -1.82. The Labute approximate surface area is 202 Å². The second-order valence-electron chi connectivity index (χ2n) is 8.77. The number of nitrogens with zero attached hydrogens (tertiary/aromatic N) is 1. The molecule has 1 unspecified atom stereocenters. The Morgan fingerprint density at radius 1 is 0.941 bits per heavy atom. The lowest BCUT2D eigenvalue weighted by molar-refractivity contribution is -0.112. The van der Waals surface area contributed by atoms with E-state index in [-0.39, 0.29) is 31.3 Å². The molecule has 0 saturated carbocycles. The Hall–Kier alpha value is -2.36. The van der Waals surface area contributed by atoms with Gasteiger partial charge >= 0.3 is 0 Å². The number of aliphatic hydroxyl groups is 2. The van der Waals surface area contributed by atoms with Crippen LogP contribution < -0.4 is 0 Å². The average molecular weight is 508 g/mol. The van der Waals surface area contributed by atoms with Crippen LogP contribution in [0.3, 0.4) is 0 Å². The van der Waals surface area contributed by atoms with Gasteiger partial charge in [-0.05, 0) is 46.5 Å². The van der Waals surface area contributed by atoms with Crippen molar-refractivity contribution in [2.45, 2.75) is 23.5 Å². The monoisotopic (exact) mass is 507 g/mol. The number of sulfone groups is 1. The normalized spacial score (nSPS) is 17.7. The number of hydrogen-bond donors (Lipinski definition) is 2. The van der Waals surface area contributed by atoms with E-state index in [0.29, 0.717) is 11.1 Å². The van der Waals surface area contributed by atoms with Gasteiger partial charge in [0.1, 0.15) is 22.5 Å². The molecule has 5 nitrogen and oxygen atoms in total. The standard InChI is InChI=1S/C25H24ClF2NO4S/c1-34(32,33)24(19-10-21(27)12-22(28)11-19)25(31)14-29(15-25)23(18-6-8-20(26)9-7-18)17-4-2-16(13-30)3-5-17/h2-12,23-24,30-31H,13-15H2,1H3/t23?,24-/m0/s1. The molecule has 1 fully saturated rings. The molecule has 1 aliphatic rings. The predicted molar refractivity (Wildman–Crippen MR) is 126 cm³/mol. The third-order valence-electron chi connectivity index (χ3n) is 6.09. The fourth-order valence-electron chi connectivity index (χ4n) is 4.75. The largest absolute Gasteiger partial charge is 0.392 e. The first kappa shape index (κ1) is 24.8. The molecule has 0 aromatic heterocycles. The molecule has 1 aliphatic heterocycles. The summed E-state index contributed by atoms with van der Waals surface area (Å²) in [5.41, 5.74) is 0.607. The SMILES string of the molecule is CS(=O)(=O)[C@@H](c1cc(F)cc(F)c1)C1(O)CN(C(c2ccc(Cl)cc2)c2ccc(CO)cc2)C1. The molecule has 0 amide bonds. The summed E-state index contributed by atoms with van der Waals surface area (Å²) >= 11 is 6.05. The summed E-state index contributed by atoms with van der Waals surface area (Å²) in [7, 11) is -3.92. The quantitative estimate of drug-likeness (QED) is 0.505. The summed E-state index contributed by atoms with van der Waals surface area (Å²) < 4.78 is 53.1. The van der Waals surface area contributed by atoms with E-state index in [9.17, 15) is 27.4 Å².